The fourth-order valence-electron chi connectivity index (χ4n) is 4.48. The predicted octanol–water partition coefficient (Wildman–Crippen LogP) is 2.33. The van der Waals surface area contributed by atoms with Crippen LogP contribution in [0.2, 0.25) is 0 Å². The summed E-state index contributed by atoms with van der Waals surface area (Å²) in [5, 5.41) is 4.77. The molecule has 2 aromatic rings. The van der Waals surface area contributed by atoms with Gasteiger partial charge in [-0.2, -0.15) is 0 Å². The zero-order chi connectivity index (χ0) is 20.4. The second-order valence-electron chi connectivity index (χ2n) is 7.98. The maximum absolute atomic E-state index is 12.9. The lowest BCUT2D eigenvalue weighted by atomic mass is 9.73. The molecule has 2 atom stereocenters. The number of primary amides is 1. The molecule has 152 valence electrons. The van der Waals surface area contributed by atoms with E-state index >= 15 is 0 Å². The highest BCUT2D eigenvalue weighted by atomic mass is 32.1. The molecule has 3 amide bonds. The van der Waals surface area contributed by atoms with E-state index in [0.717, 1.165) is 22.4 Å². The van der Waals surface area contributed by atoms with Crippen molar-refractivity contribution in [1.29, 1.82) is 0 Å². The van der Waals surface area contributed by atoms with Crippen LogP contribution in [-0.2, 0) is 20.8 Å². The molecule has 1 aromatic carbocycles. The molecule has 29 heavy (non-hydrogen) atoms. The van der Waals surface area contributed by atoms with E-state index in [2.05, 4.69) is 17.4 Å². The minimum Gasteiger partial charge on any atom is -0.369 e. The van der Waals surface area contributed by atoms with Gasteiger partial charge in [-0.05, 0) is 48.3 Å². The molecule has 3 N–H and O–H groups in total. The Labute approximate surface area is 174 Å². The minimum absolute atomic E-state index is 0.0913. The zero-order valence-electron chi connectivity index (χ0n) is 16.2. The van der Waals surface area contributed by atoms with Gasteiger partial charge in [0.05, 0.1) is 5.41 Å². The lowest BCUT2D eigenvalue weighted by molar-refractivity contribution is -0.142. The van der Waals surface area contributed by atoms with Crippen molar-refractivity contribution in [1.82, 2.24) is 10.2 Å². The lowest BCUT2D eigenvalue weighted by Gasteiger charge is -2.42. The monoisotopic (exact) mass is 411 g/mol. The van der Waals surface area contributed by atoms with Crippen molar-refractivity contribution in [2.75, 3.05) is 13.1 Å². The SMILES string of the molecule is NC(=O)[C@@]1(Cc2ccccc2-c2cccs2)CCCN(C(=O)[C@@H]2CCC(=O)N2)C1. The van der Waals surface area contributed by atoms with Crippen molar-refractivity contribution in [2.24, 2.45) is 11.1 Å². The van der Waals surface area contributed by atoms with Crippen molar-refractivity contribution in [3.05, 3.63) is 47.3 Å². The standard InChI is InChI=1S/C22H25N3O3S/c23-21(28)22(13-15-5-1-2-6-16(15)18-7-3-12-29-18)10-4-11-25(14-22)20(27)17-8-9-19(26)24-17/h1-3,5-7,12,17H,4,8-11,13-14H2,(H2,23,28)(H,24,26)/t17-,22+/m0/s1. The van der Waals surface area contributed by atoms with Gasteiger partial charge in [-0.25, -0.2) is 0 Å². The maximum Gasteiger partial charge on any atom is 0.245 e. The summed E-state index contributed by atoms with van der Waals surface area (Å²) in [4.78, 5) is 39.9. The number of nitrogens with one attached hydrogen (secondary N) is 1. The molecule has 0 unspecified atom stereocenters. The molecule has 4 rings (SSSR count). The van der Waals surface area contributed by atoms with Gasteiger partial charge in [0.25, 0.3) is 0 Å². The molecule has 0 bridgehead atoms. The van der Waals surface area contributed by atoms with Crippen molar-refractivity contribution in [2.45, 2.75) is 38.1 Å². The van der Waals surface area contributed by atoms with Gasteiger partial charge >= 0.3 is 0 Å². The first-order valence-corrected chi connectivity index (χ1v) is 10.9. The molecular formula is C22H25N3O3S. The third-order valence-corrected chi connectivity index (χ3v) is 6.94. The Hall–Kier alpha value is -2.67. The fourth-order valence-corrected chi connectivity index (χ4v) is 5.27. The van der Waals surface area contributed by atoms with Crippen LogP contribution in [0.4, 0.5) is 0 Å². The first-order valence-electron chi connectivity index (χ1n) is 9.98. The minimum atomic E-state index is -0.802. The van der Waals surface area contributed by atoms with Crippen LogP contribution in [0.15, 0.2) is 41.8 Å². The predicted molar refractivity (Wildman–Crippen MR) is 112 cm³/mol. The first kappa shape index (κ1) is 19.6. The average Bonchev–Trinajstić information content (AvgIpc) is 3.40. The van der Waals surface area contributed by atoms with Crippen molar-refractivity contribution >= 4 is 29.1 Å². The Balaban J connectivity index is 1.59. The number of hydrogen-bond donors (Lipinski definition) is 2. The topological polar surface area (TPSA) is 92.5 Å². The van der Waals surface area contributed by atoms with Crippen LogP contribution >= 0.6 is 11.3 Å². The third kappa shape index (κ3) is 3.92. The van der Waals surface area contributed by atoms with Crippen LogP contribution in [0.1, 0.15) is 31.2 Å². The van der Waals surface area contributed by atoms with Crippen molar-refractivity contribution in [3.63, 3.8) is 0 Å². The van der Waals surface area contributed by atoms with E-state index in [-0.39, 0.29) is 17.7 Å². The number of thiophene rings is 1. The van der Waals surface area contributed by atoms with Crippen LogP contribution < -0.4 is 11.1 Å². The van der Waals surface area contributed by atoms with Gasteiger partial charge in [0.15, 0.2) is 0 Å². The summed E-state index contributed by atoms with van der Waals surface area (Å²) in [7, 11) is 0. The summed E-state index contributed by atoms with van der Waals surface area (Å²) in [6.07, 6.45) is 2.76. The highest BCUT2D eigenvalue weighted by Gasteiger charge is 2.44. The summed E-state index contributed by atoms with van der Waals surface area (Å²) in [5.74, 6) is -0.564. The first-order chi connectivity index (χ1) is 14.0. The molecule has 6 nitrogen and oxygen atoms in total. The summed E-state index contributed by atoms with van der Waals surface area (Å²) < 4.78 is 0. The van der Waals surface area contributed by atoms with Crippen LogP contribution in [0, 0.1) is 5.41 Å². The average molecular weight is 412 g/mol. The van der Waals surface area contributed by atoms with Gasteiger partial charge in [0.1, 0.15) is 6.04 Å². The summed E-state index contributed by atoms with van der Waals surface area (Å²) in [6, 6.07) is 11.7. The number of carbonyl (C=O) groups is 3. The van der Waals surface area contributed by atoms with Crippen molar-refractivity contribution < 1.29 is 14.4 Å². The van der Waals surface area contributed by atoms with Crippen LogP contribution in [-0.4, -0.2) is 41.8 Å². The van der Waals surface area contributed by atoms with Gasteiger partial charge in [-0.1, -0.05) is 30.3 Å². The number of amides is 3. The highest BCUT2D eigenvalue weighted by molar-refractivity contribution is 7.13. The van der Waals surface area contributed by atoms with E-state index in [1.807, 2.05) is 29.6 Å². The molecule has 7 heteroatoms. The van der Waals surface area contributed by atoms with E-state index in [9.17, 15) is 14.4 Å². The molecule has 0 spiro atoms. The number of carbonyl (C=O) groups excluding carboxylic acids is 3. The van der Waals surface area contributed by atoms with Gasteiger partial charge in [-0.3, -0.25) is 14.4 Å². The summed E-state index contributed by atoms with van der Waals surface area (Å²) >= 11 is 1.66. The zero-order valence-corrected chi connectivity index (χ0v) is 17.0. The highest BCUT2D eigenvalue weighted by Crippen LogP contribution is 2.38. The number of hydrogen-bond acceptors (Lipinski definition) is 4. The van der Waals surface area contributed by atoms with Crippen molar-refractivity contribution in [3.8, 4) is 10.4 Å². The van der Waals surface area contributed by atoms with Gasteiger partial charge in [0.2, 0.25) is 17.7 Å². The molecule has 0 radical (unpaired) electrons. The molecule has 3 heterocycles. The molecule has 2 aliphatic heterocycles. The Bertz CT molecular complexity index is 927. The van der Waals surface area contributed by atoms with E-state index < -0.39 is 11.5 Å². The van der Waals surface area contributed by atoms with E-state index in [1.54, 1.807) is 16.2 Å². The van der Waals surface area contributed by atoms with Crippen LogP contribution in [0.5, 0.6) is 0 Å². The van der Waals surface area contributed by atoms with Crippen LogP contribution in [0.25, 0.3) is 10.4 Å². The quantitative estimate of drug-likeness (QED) is 0.791. The second kappa shape index (κ2) is 7.99. The Morgan fingerprint density at radius 3 is 2.76 bits per heavy atom. The Morgan fingerprint density at radius 2 is 2.07 bits per heavy atom. The Kier molecular flexibility index (Phi) is 5.41. The number of nitrogens with two attached hydrogens (primary N) is 1. The number of nitrogens with zero attached hydrogens (tertiary/aromatic N) is 1. The third-order valence-electron chi connectivity index (χ3n) is 6.04. The van der Waals surface area contributed by atoms with E-state index in [0.29, 0.717) is 38.8 Å². The summed E-state index contributed by atoms with van der Waals surface area (Å²) in [6.45, 7) is 0.888. The normalized spacial score (nSPS) is 24.3. The number of rotatable bonds is 5. The molecule has 2 fully saturated rings. The number of likely N-dealkylation sites (tertiary alicyclic amines) is 1. The molecule has 0 saturated carbocycles. The fraction of sp³-hybridized carbons (Fsp3) is 0.409. The molecule has 2 aliphatic rings. The van der Waals surface area contributed by atoms with Gasteiger partial charge < -0.3 is 16.0 Å². The maximum atomic E-state index is 12.9. The number of piperidine rings is 1. The smallest absolute Gasteiger partial charge is 0.245 e. The van der Waals surface area contributed by atoms with E-state index in [1.165, 1.54) is 0 Å². The second-order valence-corrected chi connectivity index (χ2v) is 8.93. The largest absolute Gasteiger partial charge is 0.369 e. The summed E-state index contributed by atoms with van der Waals surface area (Å²) in [5.41, 5.74) is 7.28. The van der Waals surface area contributed by atoms with Gasteiger partial charge in [-0.15, -0.1) is 11.3 Å². The molecule has 2 saturated heterocycles. The molecule has 0 aliphatic carbocycles. The number of benzene rings is 1. The Morgan fingerprint density at radius 1 is 1.24 bits per heavy atom. The van der Waals surface area contributed by atoms with Crippen LogP contribution in [0.3, 0.4) is 0 Å². The molecular weight excluding hydrogens is 386 g/mol. The molecule has 1 aromatic heterocycles. The van der Waals surface area contributed by atoms with Gasteiger partial charge in [0, 0.05) is 24.4 Å². The lowest BCUT2D eigenvalue weighted by Crippen LogP contribution is -2.56. The van der Waals surface area contributed by atoms with E-state index in [4.69, 9.17) is 5.73 Å².